The van der Waals surface area contributed by atoms with Gasteiger partial charge in [-0.2, -0.15) is 0 Å². The van der Waals surface area contributed by atoms with Crippen LogP contribution in [0.25, 0.3) is 11.1 Å². The van der Waals surface area contributed by atoms with Crippen molar-refractivity contribution in [3.63, 3.8) is 0 Å². The second-order valence-corrected chi connectivity index (χ2v) is 11.4. The van der Waals surface area contributed by atoms with Gasteiger partial charge >= 0.3 is 12.1 Å². The summed E-state index contributed by atoms with van der Waals surface area (Å²) in [4.78, 5) is 41.5. The van der Waals surface area contributed by atoms with E-state index in [2.05, 4.69) is 15.6 Å². The molecule has 1 saturated carbocycles. The molecular formula is C29H29Cl2N3O5. The lowest BCUT2D eigenvalue weighted by atomic mass is 9.95. The quantitative estimate of drug-likeness (QED) is 0.256. The summed E-state index contributed by atoms with van der Waals surface area (Å²) >= 11 is 12.5. The van der Waals surface area contributed by atoms with Crippen molar-refractivity contribution in [1.82, 2.24) is 4.98 Å². The molecule has 39 heavy (non-hydrogen) atoms. The van der Waals surface area contributed by atoms with E-state index in [1.807, 2.05) is 6.07 Å². The van der Waals surface area contributed by atoms with Crippen LogP contribution in [-0.2, 0) is 9.53 Å². The lowest BCUT2D eigenvalue weighted by Gasteiger charge is -2.21. The third-order valence-electron chi connectivity index (χ3n) is 6.13. The Morgan fingerprint density at radius 3 is 2.33 bits per heavy atom. The van der Waals surface area contributed by atoms with Gasteiger partial charge in [0.25, 0.3) is 0 Å². The van der Waals surface area contributed by atoms with Crippen molar-refractivity contribution >= 4 is 52.5 Å². The maximum Gasteiger partial charge on any atom is 0.412 e. The normalized spacial score (nSPS) is 13.9. The fraction of sp³-hybridized carbons (Fsp3) is 0.310. The first-order chi connectivity index (χ1) is 18.4. The molecule has 0 spiro atoms. The van der Waals surface area contributed by atoms with E-state index in [0.29, 0.717) is 45.6 Å². The van der Waals surface area contributed by atoms with Crippen LogP contribution in [0, 0.1) is 5.92 Å². The zero-order valence-corrected chi connectivity index (χ0v) is 23.3. The van der Waals surface area contributed by atoms with Gasteiger partial charge in [-0.3, -0.25) is 15.1 Å². The first-order valence-corrected chi connectivity index (χ1v) is 13.2. The van der Waals surface area contributed by atoms with E-state index >= 15 is 0 Å². The van der Waals surface area contributed by atoms with Crippen molar-refractivity contribution in [2.75, 3.05) is 10.6 Å². The number of carbonyl (C=O) groups excluding carboxylic acids is 2. The maximum atomic E-state index is 13.3. The van der Waals surface area contributed by atoms with Gasteiger partial charge < -0.3 is 15.2 Å². The summed E-state index contributed by atoms with van der Waals surface area (Å²) in [7, 11) is 0. The van der Waals surface area contributed by atoms with Gasteiger partial charge in [-0.05, 0) is 75.6 Å². The van der Waals surface area contributed by atoms with Crippen LogP contribution in [0.4, 0.5) is 16.2 Å². The Bertz CT molecular complexity index is 1400. The molecule has 0 radical (unpaired) electrons. The number of aromatic carboxylic acids is 1. The van der Waals surface area contributed by atoms with Gasteiger partial charge in [-0.25, -0.2) is 9.59 Å². The van der Waals surface area contributed by atoms with Gasteiger partial charge in [0.1, 0.15) is 5.60 Å². The Balaban J connectivity index is 1.57. The molecule has 0 saturated heterocycles. The molecule has 2 aromatic carbocycles. The topological polar surface area (TPSA) is 118 Å². The Labute approximate surface area is 236 Å². The zero-order valence-electron chi connectivity index (χ0n) is 21.8. The van der Waals surface area contributed by atoms with Crippen molar-refractivity contribution < 1.29 is 24.2 Å². The van der Waals surface area contributed by atoms with Crippen LogP contribution in [0.2, 0.25) is 10.0 Å². The van der Waals surface area contributed by atoms with E-state index in [1.54, 1.807) is 51.2 Å². The van der Waals surface area contributed by atoms with Gasteiger partial charge in [0, 0.05) is 22.3 Å². The van der Waals surface area contributed by atoms with E-state index < -0.39 is 23.6 Å². The number of hydrogen-bond donors (Lipinski definition) is 3. The van der Waals surface area contributed by atoms with E-state index in [-0.39, 0.29) is 16.5 Å². The highest BCUT2D eigenvalue weighted by Crippen LogP contribution is 2.39. The molecule has 4 rings (SSSR count). The molecule has 3 N–H and O–H groups in total. The largest absolute Gasteiger partial charge is 0.478 e. The predicted molar refractivity (Wildman–Crippen MR) is 152 cm³/mol. The Morgan fingerprint density at radius 2 is 1.74 bits per heavy atom. The smallest absolute Gasteiger partial charge is 0.412 e. The summed E-state index contributed by atoms with van der Waals surface area (Å²) in [5.41, 5.74) is 2.16. The number of carboxylic acids is 1. The summed E-state index contributed by atoms with van der Waals surface area (Å²) in [6.45, 7) is 5.35. The Morgan fingerprint density at radius 1 is 1.03 bits per heavy atom. The number of pyridine rings is 1. The molecule has 1 aromatic heterocycles. The summed E-state index contributed by atoms with van der Waals surface area (Å²) < 4.78 is 5.38. The van der Waals surface area contributed by atoms with Crippen LogP contribution in [-0.4, -0.2) is 33.7 Å². The third-order valence-corrected chi connectivity index (χ3v) is 6.68. The number of aromatic nitrogens is 1. The molecule has 0 aliphatic heterocycles. The van der Waals surface area contributed by atoms with Crippen LogP contribution >= 0.6 is 23.2 Å². The van der Waals surface area contributed by atoms with Crippen molar-refractivity contribution in [1.29, 1.82) is 0 Å². The van der Waals surface area contributed by atoms with E-state index in [4.69, 9.17) is 33.0 Å². The Kier molecular flexibility index (Phi) is 8.47. The summed E-state index contributed by atoms with van der Waals surface area (Å²) in [5, 5.41) is 15.4. The molecule has 2 amide bonds. The van der Waals surface area contributed by atoms with Crippen molar-refractivity contribution in [3.8, 4) is 11.1 Å². The number of halogens is 2. The van der Waals surface area contributed by atoms with Gasteiger partial charge in [-0.15, -0.1) is 0 Å². The molecule has 1 aliphatic rings. The zero-order chi connectivity index (χ0) is 28.3. The number of carboxylic acid groups (broad SMARTS) is 1. The minimum absolute atomic E-state index is 0.0336. The predicted octanol–water partition coefficient (Wildman–Crippen LogP) is 7.62. The number of ether oxygens (including phenoxy) is 1. The van der Waals surface area contributed by atoms with E-state index in [0.717, 1.165) is 12.8 Å². The number of rotatable bonds is 8. The second-order valence-electron chi connectivity index (χ2n) is 10.5. The van der Waals surface area contributed by atoms with Crippen LogP contribution in [0.5, 0.6) is 0 Å². The number of carbonyl (C=O) groups is 3. The highest BCUT2D eigenvalue weighted by atomic mass is 35.5. The highest BCUT2D eigenvalue weighted by Gasteiger charge is 2.31. The minimum Gasteiger partial charge on any atom is -0.478 e. The lowest BCUT2D eigenvalue weighted by molar-refractivity contribution is -0.117. The van der Waals surface area contributed by atoms with Gasteiger partial charge in [-0.1, -0.05) is 42.1 Å². The summed E-state index contributed by atoms with van der Waals surface area (Å²) in [6.07, 6.45) is 3.79. The van der Waals surface area contributed by atoms with E-state index in [1.165, 1.54) is 18.2 Å². The first-order valence-electron chi connectivity index (χ1n) is 12.5. The number of hydrogen-bond acceptors (Lipinski definition) is 5. The molecule has 1 fully saturated rings. The fourth-order valence-electron chi connectivity index (χ4n) is 4.07. The van der Waals surface area contributed by atoms with Gasteiger partial charge in [0.05, 0.1) is 33.6 Å². The molecule has 3 aromatic rings. The molecule has 1 heterocycles. The lowest BCUT2D eigenvalue weighted by Crippen LogP contribution is -2.27. The monoisotopic (exact) mass is 569 g/mol. The number of nitrogens with zero attached hydrogens (tertiary/aromatic N) is 1. The molecule has 8 nitrogen and oxygen atoms in total. The van der Waals surface area contributed by atoms with Crippen molar-refractivity contribution in [2.24, 2.45) is 5.92 Å². The van der Waals surface area contributed by atoms with Crippen LogP contribution in [0.15, 0.2) is 54.7 Å². The minimum atomic E-state index is -1.10. The average Bonchev–Trinajstić information content (AvgIpc) is 3.68. The van der Waals surface area contributed by atoms with E-state index in [9.17, 15) is 14.4 Å². The SMILES string of the molecule is CC(C)(C)OC(=O)Nc1ccc(Cl)cc1-c1ccc(C(CC2CC2)C(=O)Nc2ccc(C(=O)O)cc2Cl)nc1. The third kappa shape index (κ3) is 7.71. The van der Waals surface area contributed by atoms with Crippen LogP contribution in [0.1, 0.15) is 62.0 Å². The molecule has 10 heteroatoms. The molecule has 204 valence electrons. The van der Waals surface area contributed by atoms with Crippen LogP contribution < -0.4 is 10.6 Å². The number of anilines is 2. The second kappa shape index (κ2) is 11.6. The van der Waals surface area contributed by atoms with Crippen LogP contribution in [0.3, 0.4) is 0 Å². The van der Waals surface area contributed by atoms with Crippen molar-refractivity contribution in [3.05, 3.63) is 76.0 Å². The maximum absolute atomic E-state index is 13.3. The fourth-order valence-corrected chi connectivity index (χ4v) is 4.47. The Hall–Kier alpha value is -3.62. The molecule has 1 unspecified atom stereocenters. The molecule has 1 atom stereocenters. The standard InChI is InChI=1S/C29H29Cl2N3O5/c1-29(2,3)39-28(38)34-24-11-8-19(30)14-20(24)18-7-9-23(32-15-18)21(12-16-4-5-16)26(35)33-25-10-6-17(27(36)37)13-22(25)31/h6-11,13-16,21H,4-5,12H2,1-3H3,(H,33,35)(H,34,38)(H,36,37). The number of nitrogens with one attached hydrogen (secondary N) is 2. The highest BCUT2D eigenvalue weighted by molar-refractivity contribution is 6.34. The summed E-state index contributed by atoms with van der Waals surface area (Å²) in [5.74, 6) is -1.47. The summed E-state index contributed by atoms with van der Waals surface area (Å²) in [6, 6.07) is 12.9. The average molecular weight is 570 g/mol. The molecule has 0 bridgehead atoms. The van der Waals surface area contributed by atoms with Crippen molar-refractivity contribution in [2.45, 2.75) is 51.6 Å². The molecule has 1 aliphatic carbocycles. The van der Waals surface area contributed by atoms with Gasteiger partial charge in [0.15, 0.2) is 0 Å². The molecular weight excluding hydrogens is 541 g/mol. The number of amides is 2. The first kappa shape index (κ1) is 28.4. The van der Waals surface area contributed by atoms with Gasteiger partial charge in [0.2, 0.25) is 5.91 Å². The number of benzene rings is 2.